The Morgan fingerprint density at radius 1 is 1.34 bits per heavy atom. The van der Waals surface area contributed by atoms with E-state index in [0.29, 0.717) is 54.2 Å². The third kappa shape index (κ3) is 5.95. The molecule has 0 saturated carbocycles. The van der Waals surface area contributed by atoms with Crippen molar-refractivity contribution in [3.05, 3.63) is 35.5 Å². The average Bonchev–Trinajstić information content (AvgIpc) is 2.79. The molecule has 2 aliphatic rings. The quantitative estimate of drug-likeness (QED) is 0.609. The first-order valence-electron chi connectivity index (χ1n) is 11.0. The normalized spacial score (nSPS) is 22.8. The van der Waals surface area contributed by atoms with Crippen LogP contribution in [-0.4, -0.2) is 60.4 Å². The third-order valence-electron chi connectivity index (χ3n) is 5.55. The maximum Gasteiger partial charge on any atom is 0.229 e. The van der Waals surface area contributed by atoms with Gasteiger partial charge in [-0.25, -0.2) is 9.97 Å². The van der Waals surface area contributed by atoms with E-state index in [1.165, 1.54) is 0 Å². The van der Waals surface area contributed by atoms with Gasteiger partial charge in [-0.05, 0) is 51.4 Å². The van der Waals surface area contributed by atoms with Crippen molar-refractivity contribution in [1.29, 1.82) is 0 Å². The number of carbonyl (C=O) groups is 1. The number of piperidine rings is 1. The van der Waals surface area contributed by atoms with Gasteiger partial charge < -0.3 is 25.4 Å². The third-order valence-corrected chi connectivity index (χ3v) is 5.85. The molecule has 2 saturated heterocycles. The predicted octanol–water partition coefficient (Wildman–Crippen LogP) is 3.34. The summed E-state index contributed by atoms with van der Waals surface area (Å²) in [6.45, 7) is 7.41. The molecule has 9 heteroatoms. The van der Waals surface area contributed by atoms with Crippen LogP contribution in [0.4, 0.5) is 11.6 Å². The van der Waals surface area contributed by atoms with Crippen LogP contribution in [0.5, 0.6) is 0 Å². The zero-order valence-corrected chi connectivity index (χ0v) is 19.2. The van der Waals surface area contributed by atoms with E-state index in [9.17, 15) is 4.79 Å². The fourth-order valence-electron chi connectivity index (χ4n) is 3.96. The maximum atomic E-state index is 12.6. The van der Waals surface area contributed by atoms with E-state index >= 15 is 0 Å². The molecule has 4 heterocycles. The van der Waals surface area contributed by atoms with Crippen LogP contribution in [0.1, 0.15) is 26.7 Å². The molecule has 2 aromatic rings. The average molecular weight is 460 g/mol. The first-order chi connectivity index (χ1) is 15.4. The number of anilines is 2. The highest BCUT2D eigenvalue weighted by atomic mass is 35.5. The number of nitrogens with one attached hydrogen (secondary N) is 3. The van der Waals surface area contributed by atoms with Gasteiger partial charge in [-0.15, -0.1) is 0 Å². The molecule has 8 nitrogen and oxygen atoms in total. The van der Waals surface area contributed by atoms with E-state index in [1.54, 1.807) is 12.3 Å². The first-order valence-corrected chi connectivity index (χ1v) is 11.4. The summed E-state index contributed by atoms with van der Waals surface area (Å²) in [7, 11) is 0. The van der Waals surface area contributed by atoms with Gasteiger partial charge in [0.1, 0.15) is 11.6 Å². The monoisotopic (exact) mass is 459 g/mol. The van der Waals surface area contributed by atoms with Gasteiger partial charge >= 0.3 is 0 Å². The van der Waals surface area contributed by atoms with E-state index in [2.05, 4.69) is 20.9 Å². The molecule has 0 spiro atoms. The molecule has 0 bridgehead atoms. The van der Waals surface area contributed by atoms with Gasteiger partial charge in [0.15, 0.2) is 0 Å². The molecule has 3 N–H and O–H groups in total. The van der Waals surface area contributed by atoms with Crippen molar-refractivity contribution >= 4 is 29.1 Å². The highest BCUT2D eigenvalue weighted by Gasteiger charge is 2.29. The second-order valence-electron chi connectivity index (χ2n) is 8.89. The number of carbonyl (C=O) groups excluding carboxylic acids is 1. The summed E-state index contributed by atoms with van der Waals surface area (Å²) in [6, 6.07) is 7.46. The Balaban J connectivity index is 1.43. The molecule has 1 amide bonds. The molecule has 2 aromatic heterocycles. The first kappa shape index (κ1) is 22.9. The van der Waals surface area contributed by atoms with Crippen molar-refractivity contribution in [3.8, 4) is 11.3 Å². The molecule has 32 heavy (non-hydrogen) atoms. The lowest BCUT2D eigenvalue weighted by atomic mass is 9.99. The summed E-state index contributed by atoms with van der Waals surface area (Å²) in [4.78, 5) is 21.5. The standard InChI is InChI=1S/C23H30ClN5O3/c1-23(2)14-31-13-16(32-23)11-26-20-7-3-6-19(28-20)17-9-21(27-12-18(17)24)29-22(30)15-5-4-8-25-10-15/h3,6-7,9,12,15-16,25H,4-5,8,10-11,13-14H2,1-2H3,(H,26,28)(H,27,29,30). The van der Waals surface area contributed by atoms with Gasteiger partial charge in [0, 0.05) is 24.8 Å². The number of amides is 1. The predicted molar refractivity (Wildman–Crippen MR) is 125 cm³/mol. The number of hydrogen-bond acceptors (Lipinski definition) is 7. The molecule has 2 fully saturated rings. The van der Waals surface area contributed by atoms with Crippen LogP contribution in [0.15, 0.2) is 30.5 Å². The molecular weight excluding hydrogens is 430 g/mol. The fraction of sp³-hybridized carbons (Fsp3) is 0.522. The van der Waals surface area contributed by atoms with Crippen LogP contribution in [0.3, 0.4) is 0 Å². The summed E-state index contributed by atoms with van der Waals surface area (Å²) < 4.78 is 11.7. The molecular formula is C23H30ClN5O3. The van der Waals surface area contributed by atoms with E-state index < -0.39 is 0 Å². The molecule has 2 atom stereocenters. The van der Waals surface area contributed by atoms with Crippen LogP contribution >= 0.6 is 11.6 Å². The van der Waals surface area contributed by atoms with Crippen LogP contribution in [0.2, 0.25) is 5.02 Å². The van der Waals surface area contributed by atoms with Crippen LogP contribution in [0, 0.1) is 5.92 Å². The highest BCUT2D eigenvalue weighted by Crippen LogP contribution is 2.29. The Bertz CT molecular complexity index is 949. The Morgan fingerprint density at radius 2 is 2.22 bits per heavy atom. The topological polar surface area (TPSA) is 97.4 Å². The number of halogens is 1. The lowest BCUT2D eigenvalue weighted by molar-refractivity contribution is -0.177. The van der Waals surface area contributed by atoms with Gasteiger partial charge in [0.2, 0.25) is 5.91 Å². The summed E-state index contributed by atoms with van der Waals surface area (Å²) >= 11 is 6.42. The van der Waals surface area contributed by atoms with Gasteiger partial charge in [0.05, 0.1) is 41.6 Å². The van der Waals surface area contributed by atoms with Crippen molar-refractivity contribution in [3.63, 3.8) is 0 Å². The van der Waals surface area contributed by atoms with E-state index in [4.69, 9.17) is 26.1 Å². The summed E-state index contributed by atoms with van der Waals surface area (Å²) in [6.07, 6.45) is 3.37. The maximum absolute atomic E-state index is 12.6. The number of ether oxygens (including phenoxy) is 2. The van der Waals surface area contributed by atoms with E-state index in [0.717, 1.165) is 19.4 Å². The van der Waals surface area contributed by atoms with Crippen molar-refractivity contribution in [2.45, 2.75) is 38.4 Å². The molecule has 0 radical (unpaired) electrons. The van der Waals surface area contributed by atoms with Gasteiger partial charge in [-0.1, -0.05) is 17.7 Å². The smallest absolute Gasteiger partial charge is 0.229 e. The molecule has 0 aliphatic carbocycles. The van der Waals surface area contributed by atoms with Gasteiger partial charge in [0.25, 0.3) is 0 Å². The Hall–Kier alpha value is -2.26. The lowest BCUT2D eigenvalue weighted by Crippen LogP contribution is -2.45. The Labute approximate surface area is 193 Å². The number of hydrogen-bond donors (Lipinski definition) is 3. The minimum absolute atomic E-state index is 0.0287. The van der Waals surface area contributed by atoms with Crippen molar-refractivity contribution < 1.29 is 14.3 Å². The van der Waals surface area contributed by atoms with E-state index in [-0.39, 0.29) is 23.5 Å². The Kier molecular flexibility index (Phi) is 7.25. The Morgan fingerprint density at radius 3 is 3.00 bits per heavy atom. The SMILES string of the molecule is CC1(C)COCC(CNc2cccc(-c3cc(NC(=O)C4CCCNC4)ncc3Cl)n2)O1. The van der Waals surface area contributed by atoms with Crippen molar-refractivity contribution in [2.75, 3.05) is 43.5 Å². The lowest BCUT2D eigenvalue weighted by Gasteiger charge is -2.36. The zero-order valence-electron chi connectivity index (χ0n) is 18.5. The largest absolute Gasteiger partial charge is 0.376 e. The fourth-order valence-corrected chi connectivity index (χ4v) is 4.16. The second-order valence-corrected chi connectivity index (χ2v) is 9.29. The minimum atomic E-state index is -0.293. The second kappa shape index (κ2) is 10.1. The number of rotatable bonds is 6. The van der Waals surface area contributed by atoms with Crippen molar-refractivity contribution in [2.24, 2.45) is 5.92 Å². The van der Waals surface area contributed by atoms with Crippen LogP contribution < -0.4 is 16.0 Å². The van der Waals surface area contributed by atoms with Gasteiger partial charge in [-0.2, -0.15) is 0 Å². The highest BCUT2D eigenvalue weighted by molar-refractivity contribution is 6.33. The van der Waals surface area contributed by atoms with E-state index in [1.807, 2.05) is 32.0 Å². The van der Waals surface area contributed by atoms with Crippen LogP contribution in [0.25, 0.3) is 11.3 Å². The number of pyridine rings is 2. The summed E-state index contributed by atoms with van der Waals surface area (Å²) in [5, 5.41) is 9.97. The molecule has 4 rings (SSSR count). The summed E-state index contributed by atoms with van der Waals surface area (Å²) in [5.41, 5.74) is 1.11. The van der Waals surface area contributed by atoms with Crippen LogP contribution in [-0.2, 0) is 14.3 Å². The van der Waals surface area contributed by atoms with Crippen molar-refractivity contribution in [1.82, 2.24) is 15.3 Å². The molecule has 0 aromatic carbocycles. The zero-order chi connectivity index (χ0) is 22.6. The molecule has 2 aliphatic heterocycles. The summed E-state index contributed by atoms with van der Waals surface area (Å²) in [5.74, 6) is 1.10. The molecule has 2 unspecified atom stereocenters. The number of nitrogens with zero attached hydrogens (tertiary/aromatic N) is 2. The van der Waals surface area contributed by atoms with Gasteiger partial charge in [-0.3, -0.25) is 4.79 Å². The molecule has 172 valence electrons. The number of aromatic nitrogens is 2. The minimum Gasteiger partial charge on any atom is -0.376 e.